The topological polar surface area (TPSA) is 51.2 Å². The molecule has 0 spiro atoms. The molecule has 188 valence electrons. The Hall–Kier alpha value is -2.81. The molecular weight excluding hydrogens is 444 g/mol. The zero-order valence-corrected chi connectivity index (χ0v) is 21.7. The first kappa shape index (κ1) is 24.9. The van der Waals surface area contributed by atoms with Gasteiger partial charge in [0.15, 0.2) is 5.78 Å². The maximum absolute atomic E-state index is 13.5. The van der Waals surface area contributed by atoms with Crippen molar-refractivity contribution in [3.63, 3.8) is 0 Å². The number of hydrogen-bond donors (Lipinski definition) is 0. The second-order valence-corrected chi connectivity index (χ2v) is 11.5. The van der Waals surface area contributed by atoms with Gasteiger partial charge in [-0.1, -0.05) is 75.2 Å². The Kier molecular flexibility index (Phi) is 7.37. The molecule has 5 rings (SSSR count). The molecule has 2 saturated carbocycles. The number of Topliss-reactive ketones (excluding diaryl/α,β-unsaturated/α-hetero) is 3. The third-order valence-corrected chi connectivity index (χ3v) is 9.24. The molecule has 0 aromatic heterocycles. The molecule has 0 N–H and O–H groups in total. The minimum absolute atomic E-state index is 0.0395. The lowest BCUT2D eigenvalue weighted by molar-refractivity contribution is -0.136. The molecule has 3 heteroatoms. The summed E-state index contributed by atoms with van der Waals surface area (Å²) in [6, 6.07) is 16.5. The normalized spacial score (nSPS) is 26.6. The van der Waals surface area contributed by atoms with Crippen LogP contribution in [0, 0.1) is 23.7 Å². The van der Waals surface area contributed by atoms with E-state index in [9.17, 15) is 14.4 Å². The average molecular weight is 483 g/mol. The van der Waals surface area contributed by atoms with Gasteiger partial charge < -0.3 is 0 Å². The highest BCUT2D eigenvalue weighted by Crippen LogP contribution is 2.40. The smallest absolute Gasteiger partial charge is 0.229 e. The molecule has 3 aliphatic rings. The van der Waals surface area contributed by atoms with Crippen LogP contribution in [0.15, 0.2) is 54.6 Å². The minimum atomic E-state index is -0.353. The summed E-state index contributed by atoms with van der Waals surface area (Å²) < 4.78 is 0. The number of fused-ring (bicyclic) bond motifs is 1. The van der Waals surface area contributed by atoms with Crippen molar-refractivity contribution in [3.05, 3.63) is 76.9 Å². The summed E-state index contributed by atoms with van der Waals surface area (Å²) in [7, 11) is 0. The number of allylic oxidation sites excluding steroid dienone is 2. The highest BCUT2D eigenvalue weighted by Gasteiger charge is 2.34. The molecule has 0 radical (unpaired) electrons. The van der Waals surface area contributed by atoms with Crippen molar-refractivity contribution >= 4 is 22.9 Å². The van der Waals surface area contributed by atoms with Gasteiger partial charge in [-0.05, 0) is 85.5 Å². The van der Waals surface area contributed by atoms with Crippen LogP contribution in [0.1, 0.15) is 98.2 Å². The van der Waals surface area contributed by atoms with Crippen molar-refractivity contribution < 1.29 is 14.4 Å². The summed E-state index contributed by atoms with van der Waals surface area (Å²) in [6.07, 6.45) is 10.2. The van der Waals surface area contributed by atoms with Gasteiger partial charge in [-0.25, -0.2) is 0 Å². The minimum Gasteiger partial charge on any atom is -0.294 e. The Morgan fingerprint density at radius 1 is 0.806 bits per heavy atom. The summed E-state index contributed by atoms with van der Waals surface area (Å²) in [5.74, 6) is 1.26. The molecular formula is C33H38O3. The Labute approximate surface area is 215 Å². The standard InChI is InChI=1S/C33H38O3/c1-21-8-10-27(11-9-21)32(35)33(36)29-19-18-25-14-17-28(20-30(25)29)31(34)26-15-12-24(13-16-26)22(2)23-6-4-3-5-7-23/h3-7,14,17,19-22,24,26-27H,8-13,15-16,18H2,1-2H3. The Morgan fingerprint density at radius 3 is 2.17 bits per heavy atom. The molecule has 1 atom stereocenters. The Balaban J connectivity index is 1.24. The molecule has 0 saturated heterocycles. The van der Waals surface area contributed by atoms with Crippen molar-refractivity contribution in [2.75, 3.05) is 0 Å². The maximum atomic E-state index is 13.5. The predicted octanol–water partition coefficient (Wildman–Crippen LogP) is 7.38. The van der Waals surface area contributed by atoms with Crippen LogP contribution in [0.4, 0.5) is 0 Å². The van der Waals surface area contributed by atoms with Crippen LogP contribution in [0.5, 0.6) is 0 Å². The van der Waals surface area contributed by atoms with Crippen LogP contribution in [0.2, 0.25) is 0 Å². The molecule has 2 aromatic rings. The van der Waals surface area contributed by atoms with Gasteiger partial charge in [0, 0.05) is 23.0 Å². The Bertz CT molecular complexity index is 1160. The number of benzene rings is 2. The molecule has 3 aliphatic carbocycles. The van der Waals surface area contributed by atoms with Crippen LogP contribution in [0.25, 0.3) is 5.57 Å². The van der Waals surface area contributed by atoms with Crippen LogP contribution in [-0.4, -0.2) is 17.3 Å². The highest BCUT2D eigenvalue weighted by atomic mass is 16.2. The third-order valence-electron chi connectivity index (χ3n) is 9.24. The number of carbonyl (C=O) groups excluding carboxylic acids is 3. The van der Waals surface area contributed by atoms with Crippen molar-refractivity contribution in [2.24, 2.45) is 23.7 Å². The number of rotatable bonds is 7. The van der Waals surface area contributed by atoms with E-state index in [2.05, 4.69) is 44.2 Å². The zero-order valence-electron chi connectivity index (χ0n) is 21.7. The number of ketones is 3. The van der Waals surface area contributed by atoms with Gasteiger partial charge in [-0.3, -0.25) is 14.4 Å². The van der Waals surface area contributed by atoms with Crippen LogP contribution >= 0.6 is 0 Å². The zero-order chi connectivity index (χ0) is 25.2. The fourth-order valence-electron chi connectivity index (χ4n) is 6.68. The molecule has 0 heterocycles. The monoisotopic (exact) mass is 482 g/mol. The van der Waals surface area contributed by atoms with E-state index < -0.39 is 0 Å². The SMILES string of the molecule is CC1CCC(C(=O)C(=O)C2=CCc3ccc(C(=O)C4CCC(C(C)c5ccccc5)CC4)cc32)CC1. The van der Waals surface area contributed by atoms with E-state index in [4.69, 9.17) is 0 Å². The average Bonchev–Trinajstić information content (AvgIpc) is 3.36. The van der Waals surface area contributed by atoms with Crippen molar-refractivity contribution in [3.8, 4) is 0 Å². The van der Waals surface area contributed by atoms with Crippen molar-refractivity contribution in [2.45, 2.75) is 77.6 Å². The first-order valence-electron chi connectivity index (χ1n) is 13.9. The van der Waals surface area contributed by atoms with Gasteiger partial charge >= 0.3 is 0 Å². The van der Waals surface area contributed by atoms with Crippen molar-refractivity contribution in [1.82, 2.24) is 0 Å². The molecule has 0 aliphatic heterocycles. The second-order valence-electron chi connectivity index (χ2n) is 11.5. The maximum Gasteiger partial charge on any atom is 0.229 e. The molecule has 1 unspecified atom stereocenters. The summed E-state index contributed by atoms with van der Waals surface area (Å²) in [4.78, 5) is 39.6. The van der Waals surface area contributed by atoms with E-state index in [0.29, 0.717) is 35.3 Å². The number of carbonyl (C=O) groups is 3. The van der Waals surface area contributed by atoms with E-state index in [1.54, 1.807) is 0 Å². The first-order chi connectivity index (χ1) is 17.4. The van der Waals surface area contributed by atoms with Gasteiger partial charge in [0.2, 0.25) is 11.6 Å². The summed E-state index contributed by atoms with van der Waals surface area (Å²) in [6.45, 7) is 4.52. The largest absolute Gasteiger partial charge is 0.294 e. The third kappa shape index (κ3) is 5.03. The lowest BCUT2D eigenvalue weighted by atomic mass is 9.72. The van der Waals surface area contributed by atoms with Gasteiger partial charge in [-0.15, -0.1) is 0 Å². The molecule has 0 bridgehead atoms. The van der Waals surface area contributed by atoms with Gasteiger partial charge in [0.1, 0.15) is 0 Å². The summed E-state index contributed by atoms with van der Waals surface area (Å²) in [5, 5.41) is 0. The summed E-state index contributed by atoms with van der Waals surface area (Å²) >= 11 is 0. The summed E-state index contributed by atoms with van der Waals surface area (Å²) in [5.41, 5.74) is 4.43. The van der Waals surface area contributed by atoms with Crippen LogP contribution in [0.3, 0.4) is 0 Å². The van der Waals surface area contributed by atoms with Gasteiger partial charge in [-0.2, -0.15) is 0 Å². The second kappa shape index (κ2) is 10.7. The highest BCUT2D eigenvalue weighted by molar-refractivity contribution is 6.54. The van der Waals surface area contributed by atoms with E-state index in [1.165, 1.54) is 5.56 Å². The van der Waals surface area contributed by atoms with E-state index in [1.807, 2.05) is 24.3 Å². The predicted molar refractivity (Wildman–Crippen MR) is 144 cm³/mol. The fourth-order valence-corrected chi connectivity index (χ4v) is 6.68. The quantitative estimate of drug-likeness (QED) is 0.305. The molecule has 0 amide bonds. The molecule has 2 fully saturated rings. The first-order valence-corrected chi connectivity index (χ1v) is 13.9. The van der Waals surface area contributed by atoms with Crippen LogP contribution < -0.4 is 0 Å². The van der Waals surface area contributed by atoms with Gasteiger partial charge in [0.05, 0.1) is 0 Å². The van der Waals surface area contributed by atoms with E-state index in [0.717, 1.165) is 62.5 Å². The molecule has 2 aromatic carbocycles. The van der Waals surface area contributed by atoms with Gasteiger partial charge in [0.25, 0.3) is 0 Å². The lowest BCUT2D eigenvalue weighted by Crippen LogP contribution is -2.28. The molecule has 36 heavy (non-hydrogen) atoms. The fraction of sp³-hybridized carbons (Fsp3) is 0.485. The van der Waals surface area contributed by atoms with Crippen molar-refractivity contribution in [1.29, 1.82) is 0 Å². The van der Waals surface area contributed by atoms with Crippen LogP contribution in [-0.2, 0) is 16.0 Å². The number of hydrogen-bond acceptors (Lipinski definition) is 3. The Morgan fingerprint density at radius 2 is 1.47 bits per heavy atom. The lowest BCUT2D eigenvalue weighted by Gasteiger charge is -2.32. The van der Waals surface area contributed by atoms with E-state index >= 15 is 0 Å². The molecule has 3 nitrogen and oxygen atoms in total. The van der Waals surface area contributed by atoms with E-state index in [-0.39, 0.29) is 29.2 Å².